The number of esters is 1. The fraction of sp³-hybridized carbons (Fsp3) is 0.917. The van der Waals surface area contributed by atoms with E-state index in [1.54, 1.807) is 0 Å². The summed E-state index contributed by atoms with van der Waals surface area (Å²) in [5.41, 5.74) is 0.224. The quantitative estimate of drug-likeness (QED) is 0.316. The minimum absolute atomic E-state index is 0.139. The van der Waals surface area contributed by atoms with E-state index in [-0.39, 0.29) is 23.3 Å². The van der Waals surface area contributed by atoms with Crippen LogP contribution in [0.15, 0.2) is 0 Å². The monoisotopic (exact) mass is 353 g/mol. The summed E-state index contributed by atoms with van der Waals surface area (Å²) >= 11 is 2.46. The Kier molecular flexibility index (Phi) is 7.06. The number of halogens is 1. The number of rotatable bonds is 6. The van der Waals surface area contributed by atoms with Gasteiger partial charge in [-0.1, -0.05) is 50.3 Å². The van der Waals surface area contributed by atoms with Crippen LogP contribution in [-0.2, 0) is 9.53 Å². The van der Waals surface area contributed by atoms with Gasteiger partial charge in [-0.05, 0) is 24.8 Å². The molecule has 3 nitrogen and oxygen atoms in total. The molecule has 0 rings (SSSR count). The van der Waals surface area contributed by atoms with Crippen LogP contribution in [0.4, 0.5) is 0 Å². The van der Waals surface area contributed by atoms with Crippen LogP contribution in [0.3, 0.4) is 0 Å². The number of methoxy groups -OCH3 is 1. The van der Waals surface area contributed by atoms with Crippen molar-refractivity contribution in [3.05, 3.63) is 0 Å². The number of likely N-dealkylation sites (N-methyl/N-ethyl adjacent to an activating group) is 1. The van der Waals surface area contributed by atoms with Gasteiger partial charge in [0.1, 0.15) is 6.04 Å². The third-order valence-electron chi connectivity index (χ3n) is 3.46. The van der Waals surface area contributed by atoms with E-state index < -0.39 is 0 Å². The van der Waals surface area contributed by atoms with Crippen LogP contribution in [0.5, 0.6) is 0 Å². The molecule has 0 aromatic heterocycles. The number of hydrogen-bond acceptors (Lipinski definition) is 3. The molecule has 0 bridgehead atoms. The van der Waals surface area contributed by atoms with E-state index in [0.29, 0.717) is 3.92 Å². The van der Waals surface area contributed by atoms with Crippen molar-refractivity contribution in [1.82, 2.24) is 4.81 Å². The Labute approximate surface area is 120 Å². The normalized spacial score (nSPS) is 17.6. The van der Waals surface area contributed by atoms with E-state index in [1.165, 1.54) is 7.11 Å². The van der Waals surface area contributed by atoms with Crippen molar-refractivity contribution >= 4 is 36.5 Å². The van der Waals surface area contributed by atoms with Gasteiger partial charge < -0.3 is 9.55 Å². The van der Waals surface area contributed by atoms with E-state index in [1.807, 2.05) is 19.8 Å². The molecule has 0 N–H and O–H groups in total. The van der Waals surface area contributed by atoms with E-state index >= 15 is 0 Å². The maximum absolute atomic E-state index is 11.8. The Morgan fingerprint density at radius 1 is 1.47 bits per heavy atom. The van der Waals surface area contributed by atoms with Gasteiger partial charge in [-0.25, -0.2) is 0 Å². The smallest absolute Gasteiger partial charge is 0.322 e. The van der Waals surface area contributed by atoms with Gasteiger partial charge in [0.05, 0.1) is 7.11 Å². The van der Waals surface area contributed by atoms with Crippen molar-refractivity contribution < 1.29 is 9.53 Å². The van der Waals surface area contributed by atoms with Crippen LogP contribution in [0, 0.1) is 11.3 Å². The molecule has 0 saturated heterocycles. The zero-order valence-corrected chi connectivity index (χ0v) is 14.2. The van der Waals surface area contributed by atoms with Crippen molar-refractivity contribution in [3.63, 3.8) is 0 Å². The summed E-state index contributed by atoms with van der Waals surface area (Å²) in [5.74, 6) is 0.143. The third kappa shape index (κ3) is 5.16. The lowest BCUT2D eigenvalue weighted by Crippen LogP contribution is -2.44. The predicted octanol–water partition coefficient (Wildman–Crippen LogP) is 1.88. The average Bonchev–Trinajstić information content (AvgIpc) is 2.15. The molecule has 17 heavy (non-hydrogen) atoms. The maximum Gasteiger partial charge on any atom is 0.322 e. The number of hydrogen-bond donors (Lipinski definition) is 0. The van der Waals surface area contributed by atoms with Crippen molar-refractivity contribution in [2.75, 3.05) is 14.2 Å². The van der Waals surface area contributed by atoms with Crippen molar-refractivity contribution in [2.45, 2.75) is 44.1 Å². The van der Waals surface area contributed by atoms with Crippen molar-refractivity contribution in [2.24, 2.45) is 11.3 Å². The summed E-state index contributed by atoms with van der Waals surface area (Å²) in [5, 5.41) is 0. The van der Waals surface area contributed by atoms with E-state index in [0.717, 1.165) is 6.42 Å². The first-order valence-corrected chi connectivity index (χ1v) is 7.26. The van der Waals surface area contributed by atoms with E-state index in [4.69, 9.17) is 4.74 Å². The standard InChI is InChI=1S/C12H25BINO2/c1-8(7-12(3,4)9(2)14)10(15(5)13)11(16)17-6/h8-10H,7,13H2,1-6H3/t8?,9?,10-/m0/s1. The summed E-state index contributed by atoms with van der Waals surface area (Å²) in [6.45, 7) is 8.85. The lowest BCUT2D eigenvalue weighted by molar-refractivity contribution is -0.146. The van der Waals surface area contributed by atoms with Crippen molar-refractivity contribution in [1.29, 1.82) is 0 Å². The molecular formula is C12H25BINO2. The highest BCUT2D eigenvalue weighted by molar-refractivity contribution is 14.1. The van der Waals surface area contributed by atoms with Crippen molar-refractivity contribution in [3.8, 4) is 0 Å². The molecule has 2 unspecified atom stereocenters. The van der Waals surface area contributed by atoms with Crippen LogP contribution >= 0.6 is 22.6 Å². The second-order valence-electron chi connectivity index (χ2n) is 5.72. The van der Waals surface area contributed by atoms with Gasteiger partial charge in [-0.15, -0.1) is 0 Å². The molecule has 3 atom stereocenters. The highest BCUT2D eigenvalue weighted by Crippen LogP contribution is 2.35. The number of ether oxygens (including phenoxy) is 1. The Hall–Kier alpha value is 0.225. The molecule has 0 aliphatic carbocycles. The predicted molar refractivity (Wildman–Crippen MR) is 83.2 cm³/mol. The molecule has 0 aromatic rings. The van der Waals surface area contributed by atoms with Gasteiger partial charge in [0.2, 0.25) is 0 Å². The highest BCUT2D eigenvalue weighted by atomic mass is 127. The van der Waals surface area contributed by atoms with E-state index in [9.17, 15) is 4.79 Å². The second kappa shape index (κ2) is 6.97. The molecule has 0 heterocycles. The second-order valence-corrected chi connectivity index (χ2v) is 7.59. The number of carbonyl (C=O) groups is 1. The zero-order chi connectivity index (χ0) is 13.8. The maximum atomic E-state index is 11.8. The van der Waals surface area contributed by atoms with Crippen LogP contribution < -0.4 is 0 Å². The largest absolute Gasteiger partial charge is 0.468 e. The molecule has 0 saturated carbocycles. The Balaban J connectivity index is 4.75. The average molecular weight is 353 g/mol. The topological polar surface area (TPSA) is 29.5 Å². The fourth-order valence-corrected chi connectivity index (χ4v) is 2.43. The van der Waals surface area contributed by atoms with Gasteiger partial charge >= 0.3 is 5.97 Å². The number of nitrogens with zero attached hydrogens (tertiary/aromatic N) is 1. The van der Waals surface area contributed by atoms with Gasteiger partial charge in [0.15, 0.2) is 7.98 Å². The minimum atomic E-state index is -0.158. The van der Waals surface area contributed by atoms with Crippen LogP contribution in [0.25, 0.3) is 0 Å². The number of alkyl halides is 1. The highest BCUT2D eigenvalue weighted by Gasteiger charge is 2.33. The molecule has 0 aromatic carbocycles. The first-order chi connectivity index (χ1) is 7.63. The van der Waals surface area contributed by atoms with Crippen LogP contribution in [-0.4, -0.2) is 42.9 Å². The van der Waals surface area contributed by atoms with E-state index in [2.05, 4.69) is 50.3 Å². The molecular weight excluding hydrogens is 328 g/mol. The van der Waals surface area contributed by atoms with Gasteiger partial charge in [-0.2, -0.15) is 0 Å². The molecule has 0 spiro atoms. The first-order valence-electron chi connectivity index (χ1n) is 6.01. The summed E-state index contributed by atoms with van der Waals surface area (Å²) in [4.78, 5) is 13.7. The molecule has 0 radical (unpaired) electrons. The number of carbonyl (C=O) groups excluding carboxylic acids is 1. The molecule has 5 heteroatoms. The zero-order valence-electron chi connectivity index (χ0n) is 12.1. The summed E-state index contributed by atoms with van der Waals surface area (Å²) in [6.07, 6.45) is 1.01. The summed E-state index contributed by atoms with van der Waals surface area (Å²) in [7, 11) is 5.31. The van der Waals surface area contributed by atoms with Gasteiger partial charge in [-0.3, -0.25) is 4.79 Å². The molecule has 100 valence electrons. The molecule has 0 amide bonds. The van der Waals surface area contributed by atoms with Gasteiger partial charge in [0, 0.05) is 3.92 Å². The lowest BCUT2D eigenvalue weighted by Gasteiger charge is -2.35. The Morgan fingerprint density at radius 2 is 1.94 bits per heavy atom. The summed E-state index contributed by atoms with van der Waals surface area (Å²) in [6, 6.07) is -0.158. The van der Waals surface area contributed by atoms with Gasteiger partial charge in [0.25, 0.3) is 0 Å². The fourth-order valence-electron chi connectivity index (χ4n) is 2.18. The molecule has 0 fully saturated rings. The molecule has 0 aliphatic heterocycles. The SMILES string of the molecule is BN(C)[C@H](C(=O)OC)C(C)CC(C)(C)C(C)I. The Bertz CT molecular complexity index is 257. The third-order valence-corrected chi connectivity index (χ3v) is 5.15. The first kappa shape index (κ1) is 17.2. The lowest BCUT2D eigenvalue weighted by atomic mass is 9.78. The minimum Gasteiger partial charge on any atom is -0.468 e. The summed E-state index contributed by atoms with van der Waals surface area (Å²) < 4.78 is 5.46. The molecule has 0 aliphatic rings. The van der Waals surface area contributed by atoms with Crippen LogP contribution in [0.1, 0.15) is 34.1 Å². The van der Waals surface area contributed by atoms with Crippen LogP contribution in [0.2, 0.25) is 0 Å². The Morgan fingerprint density at radius 3 is 2.24 bits per heavy atom.